The summed E-state index contributed by atoms with van der Waals surface area (Å²) >= 11 is 6.14. The topological polar surface area (TPSA) is 106 Å². The molecule has 2 aromatic rings. The molecule has 8 nitrogen and oxygen atoms in total. The lowest BCUT2D eigenvalue weighted by Gasteiger charge is -2.29. The lowest BCUT2D eigenvalue weighted by Crippen LogP contribution is -2.51. The quantitative estimate of drug-likeness (QED) is 0.639. The van der Waals surface area contributed by atoms with Crippen LogP contribution in [-0.2, 0) is 16.1 Å². The van der Waals surface area contributed by atoms with E-state index in [9.17, 15) is 14.0 Å². The average molecular weight is 477 g/mol. The van der Waals surface area contributed by atoms with Crippen molar-refractivity contribution in [3.8, 4) is 5.69 Å². The third kappa shape index (κ3) is 5.70. The highest BCUT2D eigenvalue weighted by Crippen LogP contribution is 2.29. The fourth-order valence-corrected chi connectivity index (χ4v) is 5.12. The van der Waals surface area contributed by atoms with Crippen LogP contribution in [0.3, 0.4) is 0 Å². The van der Waals surface area contributed by atoms with Crippen molar-refractivity contribution in [2.45, 2.75) is 69.7 Å². The standard InChI is InChI=1S/C23H30ClFN6O2/c24-17-6-7-20(31-14-27-13-29-31)16(9-17)11-28-22(32)21-10-18(25)12-30(21)23(33)19(26)8-15-4-2-1-3-5-15/h6-7,9,13-15,18-19,21H,1-5,8,10-12,26H2,(H,28,32)/t18-,19-,21?/m1/s1. The molecule has 10 heteroatoms. The maximum absolute atomic E-state index is 14.3. The summed E-state index contributed by atoms with van der Waals surface area (Å²) < 4.78 is 15.9. The van der Waals surface area contributed by atoms with E-state index in [0.717, 1.165) is 36.9 Å². The van der Waals surface area contributed by atoms with Crippen molar-refractivity contribution in [2.24, 2.45) is 11.7 Å². The van der Waals surface area contributed by atoms with Crippen molar-refractivity contribution in [3.05, 3.63) is 41.4 Å². The molecule has 2 heterocycles. The number of aromatic nitrogens is 3. The molecule has 0 bridgehead atoms. The molecular formula is C23H30ClFN6O2. The predicted molar refractivity (Wildman–Crippen MR) is 122 cm³/mol. The van der Waals surface area contributed by atoms with Crippen LogP contribution in [0.15, 0.2) is 30.9 Å². The molecule has 3 N–H and O–H groups in total. The molecule has 1 saturated carbocycles. The van der Waals surface area contributed by atoms with E-state index in [4.69, 9.17) is 17.3 Å². The van der Waals surface area contributed by atoms with E-state index in [1.807, 2.05) is 0 Å². The third-order valence-corrected chi connectivity index (χ3v) is 6.86. The number of carbonyl (C=O) groups excluding carboxylic acids is 2. The van der Waals surface area contributed by atoms with Gasteiger partial charge in [0.1, 0.15) is 24.9 Å². The second-order valence-electron chi connectivity index (χ2n) is 9.02. The lowest BCUT2D eigenvalue weighted by molar-refractivity contribution is -0.139. The van der Waals surface area contributed by atoms with Gasteiger partial charge in [0.2, 0.25) is 11.8 Å². The van der Waals surface area contributed by atoms with Crippen LogP contribution in [0, 0.1) is 5.92 Å². The van der Waals surface area contributed by atoms with Crippen LogP contribution in [-0.4, -0.2) is 56.3 Å². The average Bonchev–Trinajstić information content (AvgIpc) is 3.47. The second-order valence-corrected chi connectivity index (χ2v) is 9.45. The molecule has 0 radical (unpaired) electrons. The molecule has 3 atom stereocenters. The Bertz CT molecular complexity index is 966. The van der Waals surface area contributed by atoms with E-state index in [1.165, 1.54) is 17.6 Å². The largest absolute Gasteiger partial charge is 0.350 e. The number of amides is 2. The van der Waals surface area contributed by atoms with Crippen molar-refractivity contribution in [1.82, 2.24) is 25.0 Å². The van der Waals surface area contributed by atoms with E-state index in [2.05, 4.69) is 15.4 Å². The number of likely N-dealkylation sites (tertiary alicyclic amines) is 1. The van der Waals surface area contributed by atoms with E-state index in [-0.39, 0.29) is 25.4 Å². The Morgan fingerprint density at radius 2 is 2.06 bits per heavy atom. The molecule has 1 aliphatic heterocycles. The highest BCUT2D eigenvalue weighted by Gasteiger charge is 2.41. The monoisotopic (exact) mass is 476 g/mol. The van der Waals surface area contributed by atoms with Crippen molar-refractivity contribution < 1.29 is 14.0 Å². The second kappa shape index (κ2) is 10.6. The van der Waals surface area contributed by atoms with Crippen LogP contribution >= 0.6 is 11.6 Å². The van der Waals surface area contributed by atoms with Crippen molar-refractivity contribution in [1.29, 1.82) is 0 Å². The van der Waals surface area contributed by atoms with Crippen molar-refractivity contribution >= 4 is 23.4 Å². The molecule has 4 rings (SSSR count). The van der Waals surface area contributed by atoms with Gasteiger partial charge in [0.15, 0.2) is 0 Å². The molecule has 2 fully saturated rings. The fraction of sp³-hybridized carbons (Fsp3) is 0.565. The predicted octanol–water partition coefficient (Wildman–Crippen LogP) is 2.77. The molecule has 1 aromatic carbocycles. The summed E-state index contributed by atoms with van der Waals surface area (Å²) in [6.07, 6.45) is 7.97. The summed E-state index contributed by atoms with van der Waals surface area (Å²) in [6, 6.07) is 3.66. The number of alkyl halides is 1. The normalized spacial score (nSPS) is 22.3. The Balaban J connectivity index is 1.41. The minimum absolute atomic E-state index is 0.0286. The van der Waals surface area contributed by atoms with Crippen LogP contribution < -0.4 is 11.1 Å². The van der Waals surface area contributed by atoms with Crippen LogP contribution in [0.4, 0.5) is 4.39 Å². The first kappa shape index (κ1) is 23.6. The van der Waals surface area contributed by atoms with E-state index < -0.39 is 24.2 Å². The summed E-state index contributed by atoms with van der Waals surface area (Å²) in [4.78, 5) is 31.3. The van der Waals surface area contributed by atoms with E-state index in [1.54, 1.807) is 29.2 Å². The van der Waals surface area contributed by atoms with E-state index >= 15 is 0 Å². The van der Waals surface area contributed by atoms with Gasteiger partial charge in [-0.3, -0.25) is 9.59 Å². The number of carbonyl (C=O) groups is 2. The van der Waals surface area contributed by atoms with Crippen LogP contribution in [0.1, 0.15) is 50.5 Å². The molecule has 2 aliphatic rings. The van der Waals surface area contributed by atoms with Gasteiger partial charge >= 0.3 is 0 Å². The number of benzene rings is 1. The van der Waals surface area contributed by atoms with Gasteiger partial charge in [-0.1, -0.05) is 43.7 Å². The maximum atomic E-state index is 14.3. The smallest absolute Gasteiger partial charge is 0.243 e. The number of hydrogen-bond acceptors (Lipinski definition) is 5. The zero-order chi connectivity index (χ0) is 23.4. The molecule has 178 valence electrons. The van der Waals surface area contributed by atoms with Gasteiger partial charge in [0.05, 0.1) is 18.3 Å². The molecular weight excluding hydrogens is 447 g/mol. The van der Waals surface area contributed by atoms with E-state index in [0.29, 0.717) is 17.4 Å². The number of hydrogen-bond donors (Lipinski definition) is 2. The van der Waals surface area contributed by atoms with Crippen LogP contribution in [0.5, 0.6) is 0 Å². The number of nitrogens with one attached hydrogen (secondary N) is 1. The Morgan fingerprint density at radius 3 is 2.79 bits per heavy atom. The first-order chi connectivity index (χ1) is 15.9. The SMILES string of the molecule is N[C@H](CC1CCCCC1)C(=O)N1C[C@H](F)CC1C(=O)NCc1cc(Cl)ccc1-n1cncn1. The zero-order valence-corrected chi connectivity index (χ0v) is 19.3. The molecule has 0 spiro atoms. The number of rotatable bonds is 7. The minimum Gasteiger partial charge on any atom is -0.350 e. The Labute approximate surface area is 197 Å². The minimum atomic E-state index is -1.25. The van der Waals surface area contributed by atoms with Crippen LogP contribution in [0.2, 0.25) is 5.02 Å². The molecule has 33 heavy (non-hydrogen) atoms. The molecule has 1 saturated heterocycles. The van der Waals surface area contributed by atoms with Crippen molar-refractivity contribution in [3.63, 3.8) is 0 Å². The summed E-state index contributed by atoms with van der Waals surface area (Å²) in [6.45, 7) is 0.0505. The summed E-state index contributed by atoms with van der Waals surface area (Å²) in [7, 11) is 0. The van der Waals surface area contributed by atoms with Gasteiger partial charge in [0.25, 0.3) is 0 Å². The zero-order valence-electron chi connectivity index (χ0n) is 18.5. The first-order valence-electron chi connectivity index (χ1n) is 11.5. The number of nitrogens with zero attached hydrogens (tertiary/aromatic N) is 4. The van der Waals surface area contributed by atoms with Gasteiger partial charge in [-0.15, -0.1) is 0 Å². The highest BCUT2D eigenvalue weighted by molar-refractivity contribution is 6.30. The van der Waals surface area contributed by atoms with Crippen LogP contribution in [0.25, 0.3) is 5.69 Å². The summed E-state index contributed by atoms with van der Waals surface area (Å²) in [5.74, 6) is -0.323. The third-order valence-electron chi connectivity index (χ3n) is 6.63. The lowest BCUT2D eigenvalue weighted by atomic mass is 9.84. The summed E-state index contributed by atoms with van der Waals surface area (Å²) in [5.41, 5.74) is 7.66. The maximum Gasteiger partial charge on any atom is 0.243 e. The highest BCUT2D eigenvalue weighted by atomic mass is 35.5. The Hall–Kier alpha value is -2.52. The number of halogens is 2. The number of nitrogens with two attached hydrogens (primary N) is 1. The Kier molecular flexibility index (Phi) is 7.60. The fourth-order valence-electron chi connectivity index (χ4n) is 4.92. The van der Waals surface area contributed by atoms with Gasteiger partial charge < -0.3 is 16.0 Å². The molecule has 1 aromatic heterocycles. The van der Waals surface area contributed by atoms with Gasteiger partial charge in [-0.25, -0.2) is 14.1 Å². The Morgan fingerprint density at radius 1 is 1.27 bits per heavy atom. The van der Waals surface area contributed by atoms with Crippen molar-refractivity contribution in [2.75, 3.05) is 6.54 Å². The van der Waals surface area contributed by atoms with Gasteiger partial charge in [-0.05, 0) is 36.1 Å². The molecule has 1 aliphatic carbocycles. The molecule has 1 unspecified atom stereocenters. The molecule has 2 amide bonds. The van der Waals surface area contributed by atoms with Gasteiger partial charge in [0, 0.05) is 18.0 Å². The van der Waals surface area contributed by atoms with Gasteiger partial charge in [-0.2, -0.15) is 5.10 Å². The first-order valence-corrected chi connectivity index (χ1v) is 11.9. The summed E-state index contributed by atoms with van der Waals surface area (Å²) in [5, 5.41) is 7.48.